The van der Waals surface area contributed by atoms with Gasteiger partial charge in [0, 0.05) is 26.2 Å². The molecule has 0 amide bonds. The number of fused-ring (bicyclic) bond motifs is 1. The Hall–Kier alpha value is -0.733. The molecule has 22 heavy (non-hydrogen) atoms. The Morgan fingerprint density at radius 2 is 1.59 bits per heavy atom. The predicted molar refractivity (Wildman–Crippen MR) is 109 cm³/mol. The first-order chi connectivity index (χ1) is 10.3. The number of rotatable bonds is 3. The van der Waals surface area contributed by atoms with Gasteiger partial charge in [-0.1, -0.05) is 47.5 Å². The zero-order valence-electron chi connectivity index (χ0n) is 14.4. The van der Waals surface area contributed by atoms with Gasteiger partial charge in [0.2, 0.25) is 0 Å². The molecule has 0 aliphatic rings. The molecular weight excluding hydrogens is 397 g/mol. The third-order valence-electron chi connectivity index (χ3n) is 4.92. The van der Waals surface area contributed by atoms with Gasteiger partial charge in [-0.25, -0.2) is 0 Å². The first-order valence-electron chi connectivity index (χ1n) is 8.08. The van der Waals surface area contributed by atoms with Crippen LogP contribution in [0.5, 0.6) is 0 Å². The van der Waals surface area contributed by atoms with Crippen LogP contribution in [0.2, 0.25) is 16.6 Å². The van der Waals surface area contributed by atoms with Gasteiger partial charge in [-0.3, -0.25) is 0 Å². The summed E-state index contributed by atoms with van der Waals surface area (Å²) in [6, 6.07) is 6.49. The average Bonchev–Trinajstić information content (AvgIpc) is 2.80. The fraction of sp³-hybridized carbons (Fsp3) is 0.474. The second-order valence-electron chi connectivity index (χ2n) is 7.04. The molecule has 0 radical (unpaired) electrons. The normalized spacial score (nSPS) is 12.3. The van der Waals surface area contributed by atoms with Crippen molar-refractivity contribution in [2.24, 2.45) is 0 Å². The first-order valence-corrected chi connectivity index (χ1v) is 11.4. The van der Waals surface area contributed by atoms with Crippen LogP contribution in [0.1, 0.15) is 47.1 Å². The van der Waals surface area contributed by atoms with Crippen molar-refractivity contribution in [1.82, 2.24) is 4.98 Å². The van der Waals surface area contributed by atoms with Crippen LogP contribution in [-0.2, 0) is 0 Å². The van der Waals surface area contributed by atoms with E-state index in [9.17, 15) is 0 Å². The van der Waals surface area contributed by atoms with Gasteiger partial charge in [0.05, 0.1) is 0 Å². The van der Waals surface area contributed by atoms with Crippen LogP contribution in [0.25, 0.3) is 10.9 Å². The van der Waals surface area contributed by atoms with Gasteiger partial charge in [-0.2, -0.15) is 0 Å². The Balaban J connectivity index is 2.55. The molecule has 1 aromatic heterocycles. The summed E-state index contributed by atoms with van der Waals surface area (Å²) in [7, 11) is -1.66. The molecular formula is C19H26INSi. The Morgan fingerprint density at radius 3 is 2.14 bits per heavy atom. The van der Waals surface area contributed by atoms with Crippen LogP contribution in [0, 0.1) is 15.0 Å². The molecule has 3 heteroatoms. The van der Waals surface area contributed by atoms with Gasteiger partial charge in [0.1, 0.15) is 8.07 Å². The third-order valence-corrected chi connectivity index (χ3v) is 11.9. The zero-order valence-corrected chi connectivity index (χ0v) is 17.6. The molecule has 2 aromatic rings. The van der Waals surface area contributed by atoms with Crippen molar-refractivity contribution in [2.45, 2.75) is 58.2 Å². The van der Waals surface area contributed by atoms with Crippen LogP contribution < -0.4 is 0 Å². The zero-order chi connectivity index (χ0) is 16.5. The molecule has 0 fully saturated rings. The summed E-state index contributed by atoms with van der Waals surface area (Å²) in [6.45, 7) is 14.2. The highest BCUT2D eigenvalue weighted by Crippen LogP contribution is 2.40. The molecule has 0 saturated heterocycles. The Bertz CT molecular complexity index is 694. The smallest absolute Gasteiger partial charge is 0.146 e. The maximum Gasteiger partial charge on any atom is 0.146 e. The summed E-state index contributed by atoms with van der Waals surface area (Å²) < 4.78 is 1.26. The van der Waals surface area contributed by atoms with Gasteiger partial charge >= 0.3 is 0 Å². The second kappa shape index (κ2) is 6.80. The highest BCUT2D eigenvalue weighted by molar-refractivity contribution is 14.1. The highest BCUT2D eigenvalue weighted by atomic mass is 127. The van der Waals surface area contributed by atoms with E-state index < -0.39 is 8.07 Å². The molecule has 1 N–H and O–H groups in total. The van der Waals surface area contributed by atoms with Crippen LogP contribution >= 0.6 is 22.6 Å². The van der Waals surface area contributed by atoms with Gasteiger partial charge in [-0.15, -0.1) is 5.54 Å². The maximum atomic E-state index is 3.81. The Labute approximate surface area is 149 Å². The summed E-state index contributed by atoms with van der Waals surface area (Å²) in [5.74, 6) is 3.56. The number of halogens is 1. The largest absolute Gasteiger partial charge is 0.360 e. The van der Waals surface area contributed by atoms with Crippen molar-refractivity contribution in [3.63, 3.8) is 0 Å². The molecule has 0 aliphatic carbocycles. The van der Waals surface area contributed by atoms with E-state index in [0.717, 1.165) is 5.56 Å². The molecule has 0 saturated carbocycles. The van der Waals surface area contributed by atoms with Crippen LogP contribution in [0.15, 0.2) is 24.4 Å². The lowest BCUT2D eigenvalue weighted by molar-refractivity contribution is 0.838. The first kappa shape index (κ1) is 17.6. The fourth-order valence-corrected chi connectivity index (χ4v) is 9.51. The van der Waals surface area contributed by atoms with E-state index in [1.54, 1.807) is 0 Å². The molecule has 2 rings (SSSR count). The van der Waals surface area contributed by atoms with E-state index in [0.29, 0.717) is 16.6 Å². The van der Waals surface area contributed by atoms with Crippen molar-refractivity contribution in [3.8, 4) is 11.5 Å². The van der Waals surface area contributed by atoms with Crippen molar-refractivity contribution in [1.29, 1.82) is 0 Å². The van der Waals surface area contributed by atoms with Crippen LogP contribution in [0.4, 0.5) is 0 Å². The van der Waals surface area contributed by atoms with Gasteiger partial charge in [0.15, 0.2) is 0 Å². The van der Waals surface area contributed by atoms with E-state index in [-0.39, 0.29) is 0 Å². The summed E-state index contributed by atoms with van der Waals surface area (Å²) in [4.78, 5) is 3.35. The maximum absolute atomic E-state index is 3.81. The molecule has 0 bridgehead atoms. The number of nitrogens with one attached hydrogen (secondary N) is 1. The number of benzene rings is 1. The second-order valence-corrected chi connectivity index (χ2v) is 13.9. The van der Waals surface area contributed by atoms with Gasteiger partial charge < -0.3 is 4.98 Å². The quantitative estimate of drug-likeness (QED) is 0.337. The fourth-order valence-electron chi connectivity index (χ4n) is 3.80. The minimum atomic E-state index is -1.66. The molecule has 0 unspecified atom stereocenters. The minimum Gasteiger partial charge on any atom is -0.360 e. The average molecular weight is 423 g/mol. The highest BCUT2D eigenvalue weighted by Gasteiger charge is 2.41. The van der Waals surface area contributed by atoms with Crippen molar-refractivity contribution >= 4 is 41.6 Å². The van der Waals surface area contributed by atoms with E-state index in [4.69, 9.17) is 0 Å². The number of hydrogen-bond acceptors (Lipinski definition) is 0. The molecule has 0 spiro atoms. The van der Waals surface area contributed by atoms with Crippen molar-refractivity contribution < 1.29 is 0 Å². The predicted octanol–water partition coefficient (Wildman–Crippen LogP) is 6.34. The van der Waals surface area contributed by atoms with Crippen molar-refractivity contribution in [3.05, 3.63) is 33.5 Å². The summed E-state index contributed by atoms with van der Waals surface area (Å²) in [5.41, 5.74) is 8.15. The Kier molecular flexibility index (Phi) is 5.44. The molecule has 1 aromatic carbocycles. The number of H-pyrrole nitrogens is 1. The molecule has 1 heterocycles. The number of aromatic nitrogens is 1. The summed E-state index contributed by atoms with van der Waals surface area (Å²) >= 11 is 2.37. The van der Waals surface area contributed by atoms with Gasteiger partial charge in [-0.05, 0) is 57.4 Å². The van der Waals surface area contributed by atoms with E-state index in [1.165, 1.54) is 14.5 Å². The third kappa shape index (κ3) is 3.14. The topological polar surface area (TPSA) is 15.8 Å². The molecule has 118 valence electrons. The summed E-state index contributed by atoms with van der Waals surface area (Å²) in [5, 5.41) is 1.25. The lowest BCUT2D eigenvalue weighted by Crippen LogP contribution is -2.43. The van der Waals surface area contributed by atoms with E-state index in [1.807, 2.05) is 0 Å². The standard InChI is InChI=1S/C19H26INSi/c1-13(2)22(14(3)4,15(5)6)10-9-16-12-21-19-8-7-17(20)11-18(16)19/h7-8,11-15,21H,1-6H3. The summed E-state index contributed by atoms with van der Waals surface area (Å²) in [6.07, 6.45) is 2.06. The van der Waals surface area contributed by atoms with E-state index in [2.05, 4.69) is 105 Å². The van der Waals surface area contributed by atoms with Crippen molar-refractivity contribution in [2.75, 3.05) is 0 Å². The lowest BCUT2D eigenvalue weighted by atomic mass is 10.2. The SMILES string of the molecule is CC(C)[Si](C#Cc1c[nH]c2ccc(I)cc12)(C(C)C)C(C)C. The number of aromatic amines is 1. The Morgan fingerprint density at radius 1 is 1.00 bits per heavy atom. The lowest BCUT2D eigenvalue weighted by Gasteiger charge is -2.38. The van der Waals surface area contributed by atoms with Crippen LogP contribution in [-0.4, -0.2) is 13.1 Å². The molecule has 0 aliphatic heterocycles. The monoisotopic (exact) mass is 423 g/mol. The number of hydrogen-bond donors (Lipinski definition) is 1. The van der Waals surface area contributed by atoms with Gasteiger partial charge in [0.25, 0.3) is 0 Å². The van der Waals surface area contributed by atoms with Crippen LogP contribution in [0.3, 0.4) is 0 Å². The minimum absolute atomic E-state index is 0.672. The molecule has 1 nitrogen and oxygen atoms in total. The van der Waals surface area contributed by atoms with E-state index >= 15 is 0 Å². The molecule has 0 atom stereocenters.